The van der Waals surface area contributed by atoms with Crippen LogP contribution >= 0.6 is 15.9 Å². The third-order valence-electron chi connectivity index (χ3n) is 3.05. The largest absolute Gasteiger partial charge is 0.481 e. The molecule has 1 rings (SSSR count). The number of hydrogen-bond donors (Lipinski definition) is 2. The van der Waals surface area contributed by atoms with Crippen molar-refractivity contribution in [1.29, 1.82) is 0 Å². The summed E-state index contributed by atoms with van der Waals surface area (Å²) in [6.45, 7) is 7.25. The number of carbonyl (C=O) groups is 1. The summed E-state index contributed by atoms with van der Waals surface area (Å²) in [6.07, 6.45) is 0. The van der Waals surface area contributed by atoms with E-state index in [0.717, 1.165) is 11.0 Å². The minimum Gasteiger partial charge on any atom is -0.481 e. The molecule has 0 aliphatic carbocycles. The number of carboxylic acids is 1. The molecule has 1 unspecified atom stereocenters. The van der Waals surface area contributed by atoms with Crippen molar-refractivity contribution < 1.29 is 9.90 Å². The van der Waals surface area contributed by atoms with Crippen molar-refractivity contribution in [2.24, 2.45) is 5.92 Å². The monoisotopic (exact) mass is 313 g/mol. The zero-order valence-electron chi connectivity index (χ0n) is 11.0. The van der Waals surface area contributed by atoms with E-state index in [4.69, 9.17) is 5.11 Å². The first kappa shape index (κ1) is 15.2. The molecule has 4 heteroatoms. The minimum atomic E-state index is -0.761. The molecular formula is C14H20BrNO2. The molecule has 0 saturated heterocycles. The second-order valence-corrected chi connectivity index (χ2v) is 6.18. The van der Waals surface area contributed by atoms with Crippen LogP contribution < -0.4 is 5.32 Å². The summed E-state index contributed by atoms with van der Waals surface area (Å²) < 4.78 is 1.06. The van der Waals surface area contributed by atoms with Gasteiger partial charge < -0.3 is 10.4 Å². The number of hydrogen-bond acceptors (Lipinski definition) is 2. The summed E-state index contributed by atoms with van der Waals surface area (Å²) in [5.41, 5.74) is 1.20. The Morgan fingerprint density at radius 2 is 2.17 bits per heavy atom. The van der Waals surface area contributed by atoms with E-state index in [1.54, 1.807) is 6.92 Å². The Balaban J connectivity index is 2.57. The van der Waals surface area contributed by atoms with Gasteiger partial charge in [-0.05, 0) is 17.7 Å². The van der Waals surface area contributed by atoms with Crippen molar-refractivity contribution in [2.75, 3.05) is 13.1 Å². The maximum atomic E-state index is 10.7. The lowest BCUT2D eigenvalue weighted by atomic mass is 9.84. The van der Waals surface area contributed by atoms with E-state index in [2.05, 4.69) is 47.2 Å². The molecule has 100 valence electrons. The highest BCUT2D eigenvalue weighted by Gasteiger charge is 2.21. The number of rotatable bonds is 6. The first-order valence-corrected chi connectivity index (χ1v) is 6.82. The summed E-state index contributed by atoms with van der Waals surface area (Å²) in [6, 6.07) is 8.20. The average molecular weight is 314 g/mol. The molecule has 0 aliphatic heterocycles. The predicted octanol–water partition coefficient (Wildman–Crippen LogP) is 3.04. The first-order valence-electron chi connectivity index (χ1n) is 6.02. The van der Waals surface area contributed by atoms with Gasteiger partial charge in [0.15, 0.2) is 0 Å². The molecule has 1 aromatic rings. The SMILES string of the molecule is CC(CNCC(C)(C)c1cccc(Br)c1)C(=O)O. The Morgan fingerprint density at radius 1 is 1.50 bits per heavy atom. The standard InChI is InChI=1S/C14H20BrNO2/c1-10(13(17)18)8-16-9-14(2,3)11-5-4-6-12(15)7-11/h4-7,10,16H,8-9H2,1-3H3,(H,17,18). The van der Waals surface area contributed by atoms with Crippen LogP contribution in [0.15, 0.2) is 28.7 Å². The van der Waals surface area contributed by atoms with Crippen molar-refractivity contribution in [3.8, 4) is 0 Å². The van der Waals surface area contributed by atoms with Gasteiger partial charge in [-0.15, -0.1) is 0 Å². The minimum absolute atomic E-state index is 0.0258. The Hall–Kier alpha value is -0.870. The molecule has 0 saturated carbocycles. The van der Waals surface area contributed by atoms with E-state index in [0.29, 0.717) is 6.54 Å². The highest BCUT2D eigenvalue weighted by Crippen LogP contribution is 2.25. The highest BCUT2D eigenvalue weighted by molar-refractivity contribution is 9.10. The summed E-state index contributed by atoms with van der Waals surface area (Å²) in [4.78, 5) is 10.7. The van der Waals surface area contributed by atoms with E-state index in [-0.39, 0.29) is 11.3 Å². The Bertz CT molecular complexity index is 418. The molecule has 0 aliphatic rings. The van der Waals surface area contributed by atoms with Gasteiger partial charge in [-0.3, -0.25) is 4.79 Å². The molecule has 2 N–H and O–H groups in total. The van der Waals surface area contributed by atoms with Gasteiger partial charge in [-0.2, -0.15) is 0 Å². The Kier molecular flexibility index (Phi) is 5.35. The number of halogens is 1. The summed E-state index contributed by atoms with van der Waals surface area (Å²) in [5.74, 6) is -1.12. The van der Waals surface area contributed by atoms with Gasteiger partial charge in [0.1, 0.15) is 0 Å². The summed E-state index contributed by atoms with van der Waals surface area (Å²) in [5, 5.41) is 12.0. The lowest BCUT2D eigenvalue weighted by Crippen LogP contribution is -2.36. The van der Waals surface area contributed by atoms with Crippen molar-refractivity contribution in [3.05, 3.63) is 34.3 Å². The van der Waals surface area contributed by atoms with Crippen LogP contribution in [-0.2, 0) is 10.2 Å². The average Bonchev–Trinajstić information content (AvgIpc) is 2.28. The Morgan fingerprint density at radius 3 is 2.72 bits per heavy atom. The van der Waals surface area contributed by atoms with Crippen molar-refractivity contribution in [3.63, 3.8) is 0 Å². The van der Waals surface area contributed by atoms with Crippen LogP contribution in [0.3, 0.4) is 0 Å². The van der Waals surface area contributed by atoms with E-state index in [9.17, 15) is 4.79 Å². The predicted molar refractivity (Wildman–Crippen MR) is 76.8 cm³/mol. The zero-order valence-corrected chi connectivity index (χ0v) is 12.6. The fourth-order valence-corrected chi connectivity index (χ4v) is 2.10. The maximum Gasteiger partial charge on any atom is 0.307 e. The molecule has 0 radical (unpaired) electrons. The Labute approximate surface area is 117 Å². The van der Waals surface area contributed by atoms with E-state index >= 15 is 0 Å². The van der Waals surface area contributed by atoms with Crippen LogP contribution in [0.25, 0.3) is 0 Å². The van der Waals surface area contributed by atoms with Gasteiger partial charge in [-0.25, -0.2) is 0 Å². The topological polar surface area (TPSA) is 49.3 Å². The molecule has 0 aromatic heterocycles. The molecule has 18 heavy (non-hydrogen) atoms. The van der Waals surface area contributed by atoms with Crippen LogP contribution in [0, 0.1) is 5.92 Å². The lowest BCUT2D eigenvalue weighted by Gasteiger charge is -2.26. The number of carboxylic acid groups (broad SMARTS) is 1. The van der Waals surface area contributed by atoms with Crippen molar-refractivity contribution in [2.45, 2.75) is 26.2 Å². The zero-order chi connectivity index (χ0) is 13.8. The lowest BCUT2D eigenvalue weighted by molar-refractivity contribution is -0.140. The third kappa shape index (κ3) is 4.42. The maximum absolute atomic E-state index is 10.7. The molecule has 0 amide bonds. The third-order valence-corrected chi connectivity index (χ3v) is 3.54. The second kappa shape index (κ2) is 6.34. The quantitative estimate of drug-likeness (QED) is 0.848. The molecule has 0 bridgehead atoms. The van der Waals surface area contributed by atoms with Gasteiger partial charge in [-0.1, -0.05) is 48.8 Å². The van der Waals surface area contributed by atoms with Gasteiger partial charge in [0, 0.05) is 23.0 Å². The van der Waals surface area contributed by atoms with Crippen LogP contribution in [0.2, 0.25) is 0 Å². The van der Waals surface area contributed by atoms with Crippen LogP contribution in [0.5, 0.6) is 0 Å². The van der Waals surface area contributed by atoms with Crippen LogP contribution in [-0.4, -0.2) is 24.2 Å². The van der Waals surface area contributed by atoms with E-state index < -0.39 is 5.97 Å². The van der Waals surface area contributed by atoms with Crippen LogP contribution in [0.4, 0.5) is 0 Å². The van der Waals surface area contributed by atoms with E-state index in [1.807, 2.05) is 12.1 Å². The first-order chi connectivity index (χ1) is 8.33. The molecule has 0 fully saturated rings. The normalized spacial score (nSPS) is 13.3. The molecule has 1 atom stereocenters. The number of benzene rings is 1. The molecular weight excluding hydrogens is 294 g/mol. The van der Waals surface area contributed by atoms with Gasteiger partial charge in [0.05, 0.1) is 5.92 Å². The van der Waals surface area contributed by atoms with Crippen LogP contribution in [0.1, 0.15) is 26.3 Å². The van der Waals surface area contributed by atoms with Crippen molar-refractivity contribution in [1.82, 2.24) is 5.32 Å². The second-order valence-electron chi connectivity index (χ2n) is 5.26. The molecule has 1 aromatic carbocycles. The summed E-state index contributed by atoms with van der Waals surface area (Å²) in [7, 11) is 0. The fraction of sp³-hybridized carbons (Fsp3) is 0.500. The smallest absolute Gasteiger partial charge is 0.307 e. The highest BCUT2D eigenvalue weighted by atomic mass is 79.9. The van der Waals surface area contributed by atoms with Gasteiger partial charge in [0.2, 0.25) is 0 Å². The molecule has 3 nitrogen and oxygen atoms in total. The van der Waals surface area contributed by atoms with Crippen molar-refractivity contribution >= 4 is 21.9 Å². The molecule has 0 heterocycles. The van der Waals surface area contributed by atoms with Gasteiger partial charge >= 0.3 is 5.97 Å². The number of nitrogens with one attached hydrogen (secondary N) is 1. The fourth-order valence-electron chi connectivity index (χ4n) is 1.70. The van der Waals surface area contributed by atoms with Gasteiger partial charge in [0.25, 0.3) is 0 Å². The molecule has 0 spiro atoms. The number of aliphatic carboxylic acids is 1. The summed E-state index contributed by atoms with van der Waals surface area (Å²) >= 11 is 3.47. The van der Waals surface area contributed by atoms with E-state index in [1.165, 1.54) is 5.56 Å².